The number of aryl methyl sites for hydroxylation is 1. The summed E-state index contributed by atoms with van der Waals surface area (Å²) in [5.74, 6) is 0.614. The molecule has 0 bridgehead atoms. The molecule has 1 aliphatic heterocycles. The molecular formula is C19H27Cl2N3. The third kappa shape index (κ3) is 4.92. The van der Waals surface area contributed by atoms with Crippen LogP contribution in [0.2, 0.25) is 0 Å². The van der Waals surface area contributed by atoms with Gasteiger partial charge in [-0.2, -0.15) is 0 Å². The van der Waals surface area contributed by atoms with Crippen molar-refractivity contribution in [3.8, 4) is 11.1 Å². The number of nitrogens with zero attached hydrogens (tertiary/aromatic N) is 3. The first-order valence-corrected chi connectivity index (χ1v) is 8.26. The number of hydrogen-bond acceptors (Lipinski definition) is 3. The number of rotatable bonds is 3. The van der Waals surface area contributed by atoms with Crippen molar-refractivity contribution >= 4 is 24.8 Å². The van der Waals surface area contributed by atoms with Crippen molar-refractivity contribution in [2.45, 2.75) is 45.6 Å². The first kappa shape index (κ1) is 20.9. The first-order valence-electron chi connectivity index (χ1n) is 8.26. The fourth-order valence-electron chi connectivity index (χ4n) is 3.25. The van der Waals surface area contributed by atoms with Gasteiger partial charge >= 0.3 is 0 Å². The van der Waals surface area contributed by atoms with E-state index in [0.717, 1.165) is 5.69 Å². The van der Waals surface area contributed by atoms with Crippen molar-refractivity contribution in [3.63, 3.8) is 0 Å². The molecule has 0 radical (unpaired) electrons. The zero-order valence-corrected chi connectivity index (χ0v) is 16.2. The van der Waals surface area contributed by atoms with Crippen LogP contribution in [0.1, 0.15) is 44.0 Å². The number of hydrogen-bond donors (Lipinski definition) is 0. The van der Waals surface area contributed by atoms with Crippen molar-refractivity contribution in [1.82, 2.24) is 14.9 Å². The van der Waals surface area contributed by atoms with Gasteiger partial charge in [0, 0.05) is 41.3 Å². The van der Waals surface area contributed by atoms with Crippen LogP contribution >= 0.6 is 24.8 Å². The van der Waals surface area contributed by atoms with Gasteiger partial charge in [-0.25, -0.2) is 0 Å². The van der Waals surface area contributed by atoms with Crippen LogP contribution in [0.15, 0.2) is 36.7 Å². The molecule has 5 heteroatoms. The quantitative estimate of drug-likeness (QED) is 0.773. The molecule has 3 heterocycles. The number of piperidine rings is 1. The lowest BCUT2D eigenvalue weighted by Crippen LogP contribution is -2.37. The molecule has 0 unspecified atom stereocenters. The Balaban J connectivity index is 0.00000144. The zero-order valence-electron chi connectivity index (χ0n) is 14.6. The third-order valence-corrected chi connectivity index (χ3v) is 4.69. The second kappa shape index (κ2) is 9.36. The normalized spacial score (nSPS) is 15.7. The lowest BCUT2D eigenvalue weighted by atomic mass is 9.92. The summed E-state index contributed by atoms with van der Waals surface area (Å²) in [6, 6.07) is 9.22. The molecule has 0 aliphatic carbocycles. The molecular weight excluding hydrogens is 341 g/mol. The number of aromatic nitrogens is 2. The topological polar surface area (TPSA) is 29.0 Å². The lowest BCUT2D eigenvalue weighted by molar-refractivity contribution is 0.171. The molecule has 0 spiro atoms. The molecule has 1 saturated heterocycles. The van der Waals surface area contributed by atoms with E-state index < -0.39 is 0 Å². The van der Waals surface area contributed by atoms with Crippen molar-refractivity contribution < 1.29 is 0 Å². The van der Waals surface area contributed by atoms with Gasteiger partial charge in [0.15, 0.2) is 0 Å². The van der Waals surface area contributed by atoms with Crippen LogP contribution < -0.4 is 0 Å². The van der Waals surface area contributed by atoms with Crippen LogP contribution in [-0.4, -0.2) is 34.0 Å². The van der Waals surface area contributed by atoms with Gasteiger partial charge in [0.05, 0.1) is 0 Å². The van der Waals surface area contributed by atoms with Crippen LogP contribution in [0, 0.1) is 6.92 Å². The van der Waals surface area contributed by atoms with E-state index in [1.165, 1.54) is 42.8 Å². The summed E-state index contributed by atoms with van der Waals surface area (Å²) in [5.41, 5.74) is 4.66. The molecule has 0 aromatic carbocycles. The predicted molar refractivity (Wildman–Crippen MR) is 105 cm³/mol. The Kier molecular flexibility index (Phi) is 8.14. The van der Waals surface area contributed by atoms with E-state index in [0.29, 0.717) is 12.0 Å². The maximum atomic E-state index is 4.74. The van der Waals surface area contributed by atoms with Gasteiger partial charge in [-0.15, -0.1) is 24.8 Å². The van der Waals surface area contributed by atoms with Gasteiger partial charge in [-0.3, -0.25) is 9.97 Å². The first-order chi connectivity index (χ1) is 10.6. The molecule has 24 heavy (non-hydrogen) atoms. The standard InChI is InChI=1S/C19H25N3.2ClH/c1-14(2)22-10-7-16(8-11-22)19-5-4-18(13-21-19)17-6-9-20-15(3)12-17;;/h4-6,9,12-14,16H,7-8,10-11H2,1-3H3;2*1H. The molecule has 2 aromatic heterocycles. The highest BCUT2D eigenvalue weighted by Crippen LogP contribution is 2.28. The Morgan fingerprint density at radius 1 is 1.00 bits per heavy atom. The van der Waals surface area contributed by atoms with Crippen LogP contribution in [0.4, 0.5) is 0 Å². The van der Waals surface area contributed by atoms with Crippen LogP contribution in [0.3, 0.4) is 0 Å². The summed E-state index contributed by atoms with van der Waals surface area (Å²) in [7, 11) is 0. The van der Waals surface area contributed by atoms with Crippen molar-refractivity contribution in [3.05, 3.63) is 48.0 Å². The highest BCUT2D eigenvalue weighted by molar-refractivity contribution is 5.85. The maximum Gasteiger partial charge on any atom is 0.0435 e. The average molecular weight is 368 g/mol. The van der Waals surface area contributed by atoms with E-state index in [1.54, 1.807) is 0 Å². The Labute approximate surface area is 157 Å². The largest absolute Gasteiger partial charge is 0.301 e. The molecule has 3 rings (SSSR count). The summed E-state index contributed by atoms with van der Waals surface area (Å²) in [5, 5.41) is 0. The second-order valence-corrected chi connectivity index (χ2v) is 6.56. The molecule has 0 amide bonds. The van der Waals surface area contributed by atoms with E-state index in [4.69, 9.17) is 4.98 Å². The van der Waals surface area contributed by atoms with Gasteiger partial charge in [-0.05, 0) is 70.5 Å². The average Bonchev–Trinajstić information content (AvgIpc) is 2.55. The highest BCUT2D eigenvalue weighted by Gasteiger charge is 2.22. The summed E-state index contributed by atoms with van der Waals surface area (Å²) >= 11 is 0. The molecule has 132 valence electrons. The van der Waals surface area contributed by atoms with Crippen molar-refractivity contribution in [2.75, 3.05) is 13.1 Å². The minimum absolute atomic E-state index is 0. The fraction of sp³-hybridized carbons (Fsp3) is 0.474. The maximum absolute atomic E-state index is 4.74. The predicted octanol–water partition coefficient (Wildman–Crippen LogP) is 4.88. The van der Waals surface area contributed by atoms with Gasteiger partial charge in [0.1, 0.15) is 0 Å². The highest BCUT2D eigenvalue weighted by atomic mass is 35.5. The third-order valence-electron chi connectivity index (χ3n) is 4.69. The summed E-state index contributed by atoms with van der Waals surface area (Å²) in [6.45, 7) is 8.96. The Morgan fingerprint density at radius 3 is 2.25 bits per heavy atom. The molecule has 0 saturated carbocycles. The van der Waals surface area contributed by atoms with E-state index in [1.807, 2.05) is 25.4 Å². The minimum Gasteiger partial charge on any atom is -0.301 e. The summed E-state index contributed by atoms with van der Waals surface area (Å²) in [4.78, 5) is 11.6. The Bertz CT molecular complexity index is 621. The van der Waals surface area contributed by atoms with Crippen LogP contribution in [0.5, 0.6) is 0 Å². The molecule has 1 aliphatic rings. The van der Waals surface area contributed by atoms with Crippen LogP contribution in [-0.2, 0) is 0 Å². The van der Waals surface area contributed by atoms with Gasteiger partial charge in [0.2, 0.25) is 0 Å². The fourth-order valence-corrected chi connectivity index (χ4v) is 3.25. The van der Waals surface area contributed by atoms with Gasteiger partial charge < -0.3 is 4.90 Å². The van der Waals surface area contributed by atoms with Crippen molar-refractivity contribution in [2.24, 2.45) is 0 Å². The zero-order chi connectivity index (χ0) is 15.5. The Hall–Kier alpha value is -1.16. The summed E-state index contributed by atoms with van der Waals surface area (Å²) in [6.07, 6.45) is 6.32. The van der Waals surface area contributed by atoms with Gasteiger partial charge in [0.25, 0.3) is 0 Å². The SMILES string of the molecule is Cc1cc(-c2ccc(C3CCN(C(C)C)CC3)nc2)ccn1.Cl.Cl. The molecule has 3 nitrogen and oxygen atoms in total. The Morgan fingerprint density at radius 2 is 1.71 bits per heavy atom. The second-order valence-electron chi connectivity index (χ2n) is 6.56. The van der Waals surface area contributed by atoms with Crippen LogP contribution in [0.25, 0.3) is 11.1 Å². The number of pyridine rings is 2. The smallest absolute Gasteiger partial charge is 0.0435 e. The molecule has 0 N–H and O–H groups in total. The van der Waals surface area contributed by atoms with Crippen molar-refractivity contribution in [1.29, 1.82) is 0 Å². The summed E-state index contributed by atoms with van der Waals surface area (Å²) < 4.78 is 0. The minimum atomic E-state index is 0. The molecule has 2 aromatic rings. The van der Waals surface area contributed by atoms with E-state index in [9.17, 15) is 0 Å². The molecule has 0 atom stereocenters. The van der Waals surface area contributed by atoms with E-state index in [-0.39, 0.29) is 24.8 Å². The van der Waals surface area contributed by atoms with E-state index in [2.05, 4.69) is 41.9 Å². The lowest BCUT2D eigenvalue weighted by Gasteiger charge is -2.34. The van der Waals surface area contributed by atoms with Gasteiger partial charge in [-0.1, -0.05) is 6.07 Å². The number of likely N-dealkylation sites (tertiary alicyclic amines) is 1. The molecule has 1 fully saturated rings. The van der Waals surface area contributed by atoms with E-state index >= 15 is 0 Å². The monoisotopic (exact) mass is 367 g/mol. The number of halogens is 2.